The molecule has 0 spiro atoms. The van der Waals surface area contributed by atoms with Gasteiger partial charge in [0.25, 0.3) is 0 Å². The predicted octanol–water partition coefficient (Wildman–Crippen LogP) is 2.58. The second-order valence-corrected chi connectivity index (χ2v) is 6.41. The number of methoxy groups -OCH3 is 2. The molecule has 2 amide bonds. The van der Waals surface area contributed by atoms with E-state index in [1.807, 2.05) is 24.3 Å². The third kappa shape index (κ3) is 6.64. The van der Waals surface area contributed by atoms with Gasteiger partial charge in [-0.25, -0.2) is 4.79 Å². The van der Waals surface area contributed by atoms with Gasteiger partial charge in [-0.05, 0) is 48.4 Å². The van der Waals surface area contributed by atoms with E-state index < -0.39 is 5.97 Å². The van der Waals surface area contributed by atoms with E-state index >= 15 is 0 Å². The van der Waals surface area contributed by atoms with Gasteiger partial charge >= 0.3 is 5.97 Å². The van der Waals surface area contributed by atoms with Crippen molar-refractivity contribution in [2.75, 3.05) is 32.2 Å². The van der Waals surface area contributed by atoms with Gasteiger partial charge in [0.1, 0.15) is 5.75 Å². The summed E-state index contributed by atoms with van der Waals surface area (Å²) in [4.78, 5) is 37.2. The first-order chi connectivity index (χ1) is 13.9. The summed E-state index contributed by atoms with van der Waals surface area (Å²) in [7, 11) is 2.93. The van der Waals surface area contributed by atoms with Crippen molar-refractivity contribution in [1.29, 1.82) is 0 Å². The lowest BCUT2D eigenvalue weighted by Crippen LogP contribution is -2.34. The van der Waals surface area contributed by atoms with Crippen LogP contribution < -0.4 is 15.0 Å². The van der Waals surface area contributed by atoms with Crippen LogP contribution in [0.15, 0.2) is 48.5 Å². The Morgan fingerprint density at radius 1 is 1.03 bits per heavy atom. The lowest BCUT2D eigenvalue weighted by Gasteiger charge is -2.21. The Kier molecular flexibility index (Phi) is 8.21. The van der Waals surface area contributed by atoms with Gasteiger partial charge in [-0.2, -0.15) is 0 Å². The van der Waals surface area contributed by atoms with Gasteiger partial charge in [0, 0.05) is 32.1 Å². The van der Waals surface area contributed by atoms with E-state index in [1.165, 1.54) is 18.9 Å². The first-order valence-corrected chi connectivity index (χ1v) is 9.30. The van der Waals surface area contributed by atoms with Crippen LogP contribution in [0.1, 0.15) is 29.3 Å². The number of nitrogens with zero attached hydrogens (tertiary/aromatic N) is 1. The molecule has 29 heavy (non-hydrogen) atoms. The quantitative estimate of drug-likeness (QED) is 0.657. The number of esters is 1. The fourth-order valence-electron chi connectivity index (χ4n) is 2.84. The molecule has 7 heteroatoms. The second kappa shape index (κ2) is 10.8. The zero-order valence-corrected chi connectivity index (χ0v) is 16.9. The highest BCUT2D eigenvalue weighted by molar-refractivity contribution is 5.94. The summed E-state index contributed by atoms with van der Waals surface area (Å²) in [5.74, 6) is 0.0239. The van der Waals surface area contributed by atoms with E-state index in [2.05, 4.69) is 10.1 Å². The third-order valence-electron chi connectivity index (χ3n) is 4.41. The summed E-state index contributed by atoms with van der Waals surface area (Å²) >= 11 is 0. The zero-order chi connectivity index (χ0) is 21.2. The molecule has 0 saturated heterocycles. The first-order valence-electron chi connectivity index (χ1n) is 9.30. The number of carbonyl (C=O) groups is 3. The van der Waals surface area contributed by atoms with E-state index in [9.17, 15) is 14.4 Å². The molecule has 0 atom stereocenters. The van der Waals surface area contributed by atoms with E-state index in [1.54, 1.807) is 31.4 Å². The Balaban J connectivity index is 1.85. The van der Waals surface area contributed by atoms with E-state index in [0.717, 1.165) is 11.3 Å². The van der Waals surface area contributed by atoms with Crippen LogP contribution in [-0.4, -0.2) is 45.1 Å². The number of anilines is 1. The molecular formula is C22H26N2O5. The average Bonchev–Trinajstić information content (AvgIpc) is 2.73. The van der Waals surface area contributed by atoms with E-state index in [-0.39, 0.29) is 24.8 Å². The number of amides is 2. The van der Waals surface area contributed by atoms with Gasteiger partial charge in [0.15, 0.2) is 0 Å². The van der Waals surface area contributed by atoms with E-state index in [0.29, 0.717) is 24.2 Å². The molecule has 2 aromatic carbocycles. The summed E-state index contributed by atoms with van der Waals surface area (Å²) in [6.07, 6.45) is 0.866. The molecule has 7 nitrogen and oxygen atoms in total. The van der Waals surface area contributed by atoms with Crippen molar-refractivity contribution >= 4 is 23.5 Å². The van der Waals surface area contributed by atoms with Gasteiger partial charge in [-0.3, -0.25) is 9.59 Å². The van der Waals surface area contributed by atoms with Crippen LogP contribution in [0.2, 0.25) is 0 Å². The molecule has 0 aliphatic heterocycles. The number of ether oxygens (including phenoxy) is 2. The van der Waals surface area contributed by atoms with E-state index in [4.69, 9.17) is 4.74 Å². The third-order valence-corrected chi connectivity index (χ3v) is 4.41. The highest BCUT2D eigenvalue weighted by Gasteiger charge is 2.14. The lowest BCUT2D eigenvalue weighted by atomic mass is 10.1. The average molecular weight is 398 g/mol. The molecule has 0 heterocycles. The molecule has 2 aromatic rings. The SMILES string of the molecule is COC(=O)c1ccc(N(CCC(=O)NCCc2cccc(OC)c2)C(C)=O)cc1. The maximum Gasteiger partial charge on any atom is 0.337 e. The topological polar surface area (TPSA) is 84.9 Å². The van der Waals surface area contributed by atoms with Crippen molar-refractivity contribution in [3.05, 3.63) is 59.7 Å². The fourth-order valence-corrected chi connectivity index (χ4v) is 2.84. The van der Waals surface area contributed by atoms with Crippen LogP contribution in [0, 0.1) is 0 Å². The van der Waals surface area contributed by atoms with Crippen molar-refractivity contribution in [3.8, 4) is 5.75 Å². The lowest BCUT2D eigenvalue weighted by molar-refractivity contribution is -0.121. The van der Waals surface area contributed by atoms with Crippen molar-refractivity contribution in [1.82, 2.24) is 5.32 Å². The maximum atomic E-state index is 12.2. The number of nitrogens with one attached hydrogen (secondary N) is 1. The van der Waals surface area contributed by atoms with Crippen molar-refractivity contribution in [3.63, 3.8) is 0 Å². The van der Waals surface area contributed by atoms with Crippen LogP contribution in [-0.2, 0) is 20.7 Å². The molecule has 0 radical (unpaired) electrons. The molecule has 0 aromatic heterocycles. The molecule has 1 N–H and O–H groups in total. The minimum Gasteiger partial charge on any atom is -0.497 e. The van der Waals surface area contributed by atoms with Crippen LogP contribution in [0.4, 0.5) is 5.69 Å². The number of carbonyl (C=O) groups excluding carboxylic acids is 3. The Morgan fingerprint density at radius 3 is 2.38 bits per heavy atom. The smallest absolute Gasteiger partial charge is 0.337 e. The molecular weight excluding hydrogens is 372 g/mol. The standard InChI is InChI=1S/C22H26N2O5/c1-16(25)24(19-9-7-18(8-10-19)22(27)29-3)14-12-21(26)23-13-11-17-5-4-6-20(15-17)28-2/h4-10,15H,11-14H2,1-3H3,(H,23,26). The van der Waals surface area contributed by atoms with Crippen molar-refractivity contribution < 1.29 is 23.9 Å². The van der Waals surface area contributed by atoms with Gasteiger partial charge < -0.3 is 19.7 Å². The molecule has 0 unspecified atom stereocenters. The summed E-state index contributed by atoms with van der Waals surface area (Å²) in [6.45, 7) is 2.19. The first kappa shape index (κ1) is 21.9. The predicted molar refractivity (Wildman–Crippen MR) is 110 cm³/mol. The number of hydrogen-bond donors (Lipinski definition) is 1. The number of rotatable bonds is 9. The van der Waals surface area contributed by atoms with Crippen LogP contribution in [0.25, 0.3) is 0 Å². The largest absolute Gasteiger partial charge is 0.497 e. The Bertz CT molecular complexity index is 849. The Morgan fingerprint density at radius 2 is 1.76 bits per heavy atom. The zero-order valence-electron chi connectivity index (χ0n) is 16.9. The fraction of sp³-hybridized carbons (Fsp3) is 0.318. The molecule has 0 fully saturated rings. The minimum atomic E-state index is -0.443. The van der Waals surface area contributed by atoms with Gasteiger partial charge in [0.05, 0.1) is 19.8 Å². The molecule has 0 aliphatic rings. The van der Waals surface area contributed by atoms with Crippen molar-refractivity contribution in [2.24, 2.45) is 0 Å². The second-order valence-electron chi connectivity index (χ2n) is 6.41. The van der Waals surface area contributed by atoms with Crippen LogP contribution in [0.3, 0.4) is 0 Å². The van der Waals surface area contributed by atoms with Crippen molar-refractivity contribution in [2.45, 2.75) is 19.8 Å². The Labute approximate surface area is 170 Å². The molecule has 2 rings (SSSR count). The number of benzene rings is 2. The normalized spacial score (nSPS) is 10.2. The number of hydrogen-bond acceptors (Lipinski definition) is 5. The summed E-state index contributed by atoms with van der Waals surface area (Å²) < 4.78 is 9.85. The Hall–Kier alpha value is -3.35. The highest BCUT2D eigenvalue weighted by atomic mass is 16.5. The molecule has 0 bridgehead atoms. The monoisotopic (exact) mass is 398 g/mol. The molecule has 154 valence electrons. The summed E-state index contributed by atoms with van der Waals surface area (Å²) in [5, 5.41) is 2.87. The van der Waals surface area contributed by atoms with Gasteiger partial charge in [0.2, 0.25) is 11.8 Å². The molecule has 0 saturated carbocycles. The maximum absolute atomic E-state index is 12.2. The van der Waals surface area contributed by atoms with Gasteiger partial charge in [-0.15, -0.1) is 0 Å². The molecule has 0 aliphatic carbocycles. The summed E-state index contributed by atoms with van der Waals surface area (Å²) in [6, 6.07) is 14.2. The van der Waals surface area contributed by atoms with Gasteiger partial charge in [-0.1, -0.05) is 12.1 Å². The van der Waals surface area contributed by atoms with Crippen LogP contribution in [0.5, 0.6) is 5.75 Å². The van der Waals surface area contributed by atoms with Crippen LogP contribution >= 0.6 is 0 Å². The minimum absolute atomic E-state index is 0.134. The summed E-state index contributed by atoms with van der Waals surface area (Å²) in [5.41, 5.74) is 2.09. The highest BCUT2D eigenvalue weighted by Crippen LogP contribution is 2.17.